The molecule has 0 atom stereocenters. The average Bonchev–Trinajstić information content (AvgIpc) is 3.47. The van der Waals surface area contributed by atoms with Crippen LogP contribution >= 0.6 is 11.3 Å². The van der Waals surface area contributed by atoms with Crippen LogP contribution in [0.3, 0.4) is 0 Å². The molecule has 2 aromatic carbocycles. The van der Waals surface area contributed by atoms with Crippen LogP contribution in [0, 0.1) is 11.3 Å². The molecule has 0 bridgehead atoms. The summed E-state index contributed by atoms with van der Waals surface area (Å²) in [6.07, 6.45) is 7.05. The molecular weight excluding hydrogens is 428 g/mol. The molecule has 0 radical (unpaired) electrons. The molecule has 0 aliphatic carbocycles. The summed E-state index contributed by atoms with van der Waals surface area (Å²) in [6, 6.07) is 18.3. The zero-order chi connectivity index (χ0) is 23.2. The van der Waals surface area contributed by atoms with Crippen molar-refractivity contribution in [2.24, 2.45) is 0 Å². The predicted octanol–water partition coefficient (Wildman–Crippen LogP) is 6.30. The Hall–Kier alpha value is -3.43. The molecule has 6 heteroatoms. The Bertz CT molecular complexity index is 1280. The Morgan fingerprint density at radius 1 is 1.15 bits per heavy atom. The molecule has 4 aromatic rings. The Morgan fingerprint density at radius 2 is 1.97 bits per heavy atom. The van der Waals surface area contributed by atoms with Crippen LogP contribution in [0.1, 0.15) is 54.8 Å². The zero-order valence-electron chi connectivity index (χ0n) is 19.1. The fourth-order valence-electron chi connectivity index (χ4n) is 3.88. The first-order chi connectivity index (χ1) is 16.1. The number of rotatable bonds is 9. The minimum Gasteiger partial charge on any atom is -0.328 e. The second kappa shape index (κ2) is 10.5. The van der Waals surface area contributed by atoms with E-state index < -0.39 is 0 Å². The fraction of sp³-hybridized carbons (Fsp3) is 0.296. The van der Waals surface area contributed by atoms with E-state index >= 15 is 0 Å². The number of aromatic nitrogens is 2. The molecule has 0 aliphatic heterocycles. The highest BCUT2D eigenvalue weighted by atomic mass is 32.1. The van der Waals surface area contributed by atoms with E-state index in [1.165, 1.54) is 15.0 Å². The van der Waals surface area contributed by atoms with Crippen LogP contribution in [0.4, 0.5) is 5.69 Å². The second-order valence-corrected chi connectivity index (χ2v) is 9.36. The first-order valence-corrected chi connectivity index (χ1v) is 12.2. The number of nitriles is 1. The SMILES string of the molecule is CCCCC(=O)N(Cc1cncn1Cc1ccc(C#N)cc1)c1ccc2sc(CC)cc2c1. The third-order valence-electron chi connectivity index (χ3n) is 5.81. The molecule has 33 heavy (non-hydrogen) atoms. The van der Waals surface area contributed by atoms with Crippen molar-refractivity contribution in [3.8, 4) is 6.07 Å². The van der Waals surface area contributed by atoms with Gasteiger partial charge in [-0.2, -0.15) is 5.26 Å². The molecule has 0 spiro atoms. The number of benzene rings is 2. The van der Waals surface area contributed by atoms with Gasteiger partial charge in [-0.3, -0.25) is 4.79 Å². The number of imidazole rings is 1. The molecule has 168 valence electrons. The van der Waals surface area contributed by atoms with Crippen LogP contribution < -0.4 is 4.90 Å². The first-order valence-electron chi connectivity index (χ1n) is 11.4. The van der Waals surface area contributed by atoms with Crippen LogP contribution in [-0.2, 0) is 24.3 Å². The predicted molar refractivity (Wildman–Crippen MR) is 134 cm³/mol. The van der Waals surface area contributed by atoms with Crippen molar-refractivity contribution in [3.05, 3.63) is 82.8 Å². The van der Waals surface area contributed by atoms with Gasteiger partial charge in [0.05, 0.1) is 30.2 Å². The van der Waals surface area contributed by atoms with Crippen molar-refractivity contribution < 1.29 is 4.79 Å². The standard InChI is InChI=1S/C27H28N4OS/c1-3-5-6-27(32)31(23-11-12-26-22(13-23)14-25(4-2)33-26)18-24-16-29-19-30(24)17-21-9-7-20(15-28)8-10-21/h7-14,16,19H,3-6,17-18H2,1-2H3. The van der Waals surface area contributed by atoms with E-state index in [0.717, 1.165) is 36.2 Å². The van der Waals surface area contributed by atoms with Crippen molar-refractivity contribution in [2.75, 3.05) is 4.90 Å². The van der Waals surface area contributed by atoms with Gasteiger partial charge in [-0.1, -0.05) is 32.4 Å². The second-order valence-electron chi connectivity index (χ2n) is 8.19. The maximum Gasteiger partial charge on any atom is 0.227 e. The topological polar surface area (TPSA) is 61.9 Å². The van der Waals surface area contributed by atoms with Crippen LogP contribution in [0.15, 0.2) is 61.1 Å². The largest absolute Gasteiger partial charge is 0.328 e. The Kier molecular flexibility index (Phi) is 7.21. The number of hydrogen-bond acceptors (Lipinski definition) is 4. The lowest BCUT2D eigenvalue weighted by Crippen LogP contribution is -2.31. The molecule has 4 rings (SSSR count). The highest BCUT2D eigenvalue weighted by Crippen LogP contribution is 2.31. The number of nitrogens with zero attached hydrogens (tertiary/aromatic N) is 4. The summed E-state index contributed by atoms with van der Waals surface area (Å²) in [7, 11) is 0. The Balaban J connectivity index is 1.62. The van der Waals surface area contributed by atoms with Crippen LogP contribution in [0.5, 0.6) is 0 Å². The summed E-state index contributed by atoms with van der Waals surface area (Å²) < 4.78 is 3.32. The van der Waals surface area contributed by atoms with E-state index in [-0.39, 0.29) is 5.91 Å². The maximum atomic E-state index is 13.2. The van der Waals surface area contributed by atoms with Crippen molar-refractivity contribution in [1.29, 1.82) is 5.26 Å². The highest BCUT2D eigenvalue weighted by Gasteiger charge is 2.19. The minimum absolute atomic E-state index is 0.133. The maximum absolute atomic E-state index is 13.2. The van der Waals surface area contributed by atoms with E-state index in [4.69, 9.17) is 5.26 Å². The molecule has 0 unspecified atom stereocenters. The molecule has 2 heterocycles. The number of amides is 1. The first kappa shape index (κ1) is 22.8. The quantitative estimate of drug-likeness (QED) is 0.297. The lowest BCUT2D eigenvalue weighted by atomic mass is 10.1. The lowest BCUT2D eigenvalue weighted by Gasteiger charge is -2.24. The number of anilines is 1. The summed E-state index contributed by atoms with van der Waals surface area (Å²) in [4.78, 5) is 20.8. The number of aryl methyl sites for hydroxylation is 1. The number of thiophene rings is 1. The molecule has 0 saturated carbocycles. The van der Waals surface area contributed by atoms with Crippen molar-refractivity contribution in [1.82, 2.24) is 9.55 Å². The zero-order valence-corrected chi connectivity index (χ0v) is 19.9. The van der Waals surface area contributed by atoms with Gasteiger partial charge in [0.2, 0.25) is 5.91 Å². The van der Waals surface area contributed by atoms with Gasteiger partial charge in [-0.15, -0.1) is 11.3 Å². The van der Waals surface area contributed by atoms with E-state index in [1.54, 1.807) is 6.33 Å². The van der Waals surface area contributed by atoms with Gasteiger partial charge in [0.1, 0.15) is 0 Å². The van der Waals surface area contributed by atoms with Gasteiger partial charge < -0.3 is 9.47 Å². The summed E-state index contributed by atoms with van der Waals surface area (Å²) in [5, 5.41) is 10.2. The molecule has 0 aliphatic rings. The van der Waals surface area contributed by atoms with Crippen molar-refractivity contribution in [3.63, 3.8) is 0 Å². The third-order valence-corrected chi connectivity index (χ3v) is 7.07. The van der Waals surface area contributed by atoms with Gasteiger partial charge in [0.15, 0.2) is 0 Å². The highest BCUT2D eigenvalue weighted by molar-refractivity contribution is 7.19. The molecule has 2 aromatic heterocycles. The molecular formula is C27H28N4OS. The Morgan fingerprint density at radius 3 is 2.70 bits per heavy atom. The summed E-state index contributed by atoms with van der Waals surface area (Å²) >= 11 is 1.81. The lowest BCUT2D eigenvalue weighted by molar-refractivity contribution is -0.118. The van der Waals surface area contributed by atoms with E-state index in [2.05, 4.69) is 53.7 Å². The van der Waals surface area contributed by atoms with Crippen molar-refractivity contribution >= 4 is 33.0 Å². The normalized spacial score (nSPS) is 10.9. The van der Waals surface area contributed by atoms with Gasteiger partial charge >= 0.3 is 0 Å². The number of unbranched alkanes of at least 4 members (excludes halogenated alkanes) is 1. The summed E-state index contributed by atoms with van der Waals surface area (Å²) in [6.45, 7) is 5.38. The summed E-state index contributed by atoms with van der Waals surface area (Å²) in [5.41, 5.74) is 3.63. The number of hydrogen-bond donors (Lipinski definition) is 0. The molecule has 0 saturated heterocycles. The van der Waals surface area contributed by atoms with E-state index in [0.29, 0.717) is 25.1 Å². The number of carbonyl (C=O) groups excluding carboxylic acids is 1. The number of carbonyl (C=O) groups is 1. The minimum atomic E-state index is 0.133. The van der Waals surface area contributed by atoms with Gasteiger partial charge in [0, 0.05) is 34.4 Å². The van der Waals surface area contributed by atoms with Crippen LogP contribution in [-0.4, -0.2) is 15.5 Å². The van der Waals surface area contributed by atoms with Gasteiger partial charge in [-0.05, 0) is 60.2 Å². The molecule has 1 amide bonds. The fourth-order valence-corrected chi connectivity index (χ4v) is 4.86. The number of fused-ring (bicyclic) bond motifs is 1. The smallest absolute Gasteiger partial charge is 0.227 e. The Labute approximate surface area is 198 Å². The molecule has 0 N–H and O–H groups in total. The average molecular weight is 457 g/mol. The van der Waals surface area contributed by atoms with E-state index in [1.807, 2.05) is 46.7 Å². The van der Waals surface area contributed by atoms with E-state index in [9.17, 15) is 4.79 Å². The van der Waals surface area contributed by atoms with Crippen LogP contribution in [0.2, 0.25) is 0 Å². The monoisotopic (exact) mass is 456 g/mol. The third kappa shape index (κ3) is 5.32. The van der Waals surface area contributed by atoms with Gasteiger partial charge in [0.25, 0.3) is 0 Å². The van der Waals surface area contributed by atoms with Gasteiger partial charge in [-0.25, -0.2) is 4.98 Å². The van der Waals surface area contributed by atoms with Crippen molar-refractivity contribution in [2.45, 2.75) is 52.6 Å². The molecule has 0 fully saturated rings. The molecule has 5 nitrogen and oxygen atoms in total. The van der Waals surface area contributed by atoms with Crippen LogP contribution in [0.25, 0.3) is 10.1 Å². The summed E-state index contributed by atoms with van der Waals surface area (Å²) in [5.74, 6) is 0.133.